The highest BCUT2D eigenvalue weighted by Crippen LogP contribution is 2.16. The molecule has 1 fully saturated rings. The monoisotopic (exact) mass is 326 g/mol. The predicted octanol–water partition coefficient (Wildman–Crippen LogP) is 2.18. The maximum absolute atomic E-state index is 12.2. The van der Waals surface area contributed by atoms with Gasteiger partial charge in [0, 0.05) is 19.3 Å². The molecule has 0 saturated carbocycles. The van der Waals surface area contributed by atoms with Crippen LogP contribution in [0.3, 0.4) is 0 Å². The summed E-state index contributed by atoms with van der Waals surface area (Å²) in [5.74, 6) is 0.728. The fourth-order valence-electron chi connectivity index (χ4n) is 2.36. The second-order valence-corrected chi connectivity index (χ2v) is 6.22. The van der Waals surface area contributed by atoms with E-state index in [4.69, 9.17) is 0 Å². The Hall–Kier alpha value is -1.10. The number of rotatable bonds is 2. The van der Waals surface area contributed by atoms with E-state index in [1.54, 1.807) is 12.3 Å². The lowest BCUT2D eigenvalue weighted by Gasteiger charge is -2.30. The third kappa shape index (κ3) is 3.47. The summed E-state index contributed by atoms with van der Waals surface area (Å²) in [6, 6.07) is 1.77. The van der Waals surface area contributed by atoms with Gasteiger partial charge in [0.25, 0.3) is 5.56 Å². The highest BCUT2D eigenvalue weighted by molar-refractivity contribution is 9.10. The largest absolute Gasteiger partial charge is 0.341 e. The number of halogens is 1. The molecule has 1 saturated heterocycles. The smallest absolute Gasteiger partial charge is 0.265 e. The van der Waals surface area contributed by atoms with Crippen LogP contribution in [0.15, 0.2) is 21.5 Å². The molecule has 0 aliphatic carbocycles. The minimum atomic E-state index is -0.149. The van der Waals surface area contributed by atoms with Crippen LogP contribution in [-0.4, -0.2) is 28.5 Å². The maximum atomic E-state index is 12.2. The average Bonchev–Trinajstić information content (AvgIpc) is 2.36. The molecule has 0 N–H and O–H groups in total. The van der Waals surface area contributed by atoms with Crippen LogP contribution >= 0.6 is 15.9 Å². The first-order valence-corrected chi connectivity index (χ1v) is 7.41. The van der Waals surface area contributed by atoms with E-state index in [1.807, 2.05) is 11.8 Å². The molecule has 1 aromatic heterocycles. The van der Waals surface area contributed by atoms with E-state index in [0.29, 0.717) is 10.4 Å². The highest BCUT2D eigenvalue weighted by Gasteiger charge is 2.20. The van der Waals surface area contributed by atoms with Crippen molar-refractivity contribution in [3.63, 3.8) is 0 Å². The molecule has 0 radical (unpaired) electrons. The summed E-state index contributed by atoms with van der Waals surface area (Å²) in [5.41, 5.74) is 0.816. The lowest BCUT2D eigenvalue weighted by molar-refractivity contribution is -0.133. The SMILES string of the molecule is Cc1cc(Br)c(=O)n(CC(=O)N2CCC(C)CC2)c1. The molecule has 2 rings (SSSR count). The zero-order valence-corrected chi connectivity index (χ0v) is 12.9. The molecule has 0 aromatic carbocycles. The summed E-state index contributed by atoms with van der Waals surface area (Å²) in [5, 5.41) is 0. The van der Waals surface area contributed by atoms with E-state index >= 15 is 0 Å². The molecule has 0 atom stereocenters. The Labute approximate surface area is 121 Å². The number of amides is 1. The molecule has 0 bridgehead atoms. The quantitative estimate of drug-likeness (QED) is 0.836. The molecule has 2 heterocycles. The van der Waals surface area contributed by atoms with Gasteiger partial charge < -0.3 is 9.47 Å². The molecule has 1 aliphatic heterocycles. The first-order valence-electron chi connectivity index (χ1n) is 6.61. The van der Waals surface area contributed by atoms with Crippen molar-refractivity contribution in [3.05, 3.63) is 32.7 Å². The Kier molecular flexibility index (Phi) is 4.45. The van der Waals surface area contributed by atoms with Crippen LogP contribution in [-0.2, 0) is 11.3 Å². The Morgan fingerprint density at radius 2 is 2.05 bits per heavy atom. The van der Waals surface area contributed by atoms with E-state index < -0.39 is 0 Å². The van der Waals surface area contributed by atoms with Crippen molar-refractivity contribution in [3.8, 4) is 0 Å². The fourth-order valence-corrected chi connectivity index (χ4v) is 2.95. The highest BCUT2D eigenvalue weighted by atomic mass is 79.9. The molecule has 4 nitrogen and oxygen atoms in total. The van der Waals surface area contributed by atoms with Gasteiger partial charge in [0.2, 0.25) is 5.91 Å². The molecule has 104 valence electrons. The van der Waals surface area contributed by atoms with Crippen molar-refractivity contribution in [2.24, 2.45) is 5.92 Å². The Bertz CT molecular complexity index is 531. The number of piperidine rings is 1. The lowest BCUT2D eigenvalue weighted by atomic mass is 9.99. The van der Waals surface area contributed by atoms with E-state index in [2.05, 4.69) is 22.9 Å². The topological polar surface area (TPSA) is 42.3 Å². The molecule has 1 aliphatic rings. The van der Waals surface area contributed by atoms with E-state index in [0.717, 1.165) is 31.5 Å². The zero-order valence-electron chi connectivity index (χ0n) is 11.4. The first-order chi connectivity index (χ1) is 8.97. The van der Waals surface area contributed by atoms with Crippen molar-refractivity contribution >= 4 is 21.8 Å². The third-order valence-electron chi connectivity index (χ3n) is 3.62. The number of aromatic nitrogens is 1. The van der Waals surface area contributed by atoms with Crippen LogP contribution in [0.25, 0.3) is 0 Å². The summed E-state index contributed by atoms with van der Waals surface area (Å²) < 4.78 is 1.99. The summed E-state index contributed by atoms with van der Waals surface area (Å²) >= 11 is 3.23. The Morgan fingerprint density at radius 3 is 2.68 bits per heavy atom. The minimum absolute atomic E-state index is 0.0338. The van der Waals surface area contributed by atoms with Gasteiger partial charge >= 0.3 is 0 Å². The molecular formula is C14H19BrN2O2. The fraction of sp³-hybridized carbons (Fsp3) is 0.571. The number of likely N-dealkylation sites (tertiary alicyclic amines) is 1. The standard InChI is InChI=1S/C14H19BrN2O2/c1-10-3-5-16(6-4-10)13(18)9-17-8-11(2)7-12(15)14(17)19/h7-8,10H,3-6,9H2,1-2H3. The van der Waals surface area contributed by atoms with Gasteiger partial charge in [-0.05, 0) is 53.2 Å². The normalized spacial score (nSPS) is 16.7. The van der Waals surface area contributed by atoms with Gasteiger partial charge in [-0.3, -0.25) is 9.59 Å². The van der Waals surface area contributed by atoms with Crippen molar-refractivity contribution in [2.45, 2.75) is 33.2 Å². The van der Waals surface area contributed by atoms with Crippen LogP contribution < -0.4 is 5.56 Å². The Morgan fingerprint density at radius 1 is 1.42 bits per heavy atom. The first kappa shape index (κ1) is 14.3. The summed E-state index contributed by atoms with van der Waals surface area (Å²) in [6.45, 7) is 5.87. The van der Waals surface area contributed by atoms with Crippen molar-refractivity contribution in [1.29, 1.82) is 0 Å². The molecule has 1 aromatic rings. The molecule has 0 unspecified atom stereocenters. The molecular weight excluding hydrogens is 308 g/mol. The van der Waals surface area contributed by atoms with Gasteiger partial charge in [0.05, 0.1) is 4.47 Å². The van der Waals surface area contributed by atoms with Gasteiger partial charge in [0.1, 0.15) is 6.54 Å². The van der Waals surface area contributed by atoms with Crippen molar-refractivity contribution < 1.29 is 4.79 Å². The second kappa shape index (κ2) is 5.90. The van der Waals surface area contributed by atoms with Gasteiger partial charge in [0.15, 0.2) is 0 Å². The van der Waals surface area contributed by atoms with Crippen LogP contribution in [0, 0.1) is 12.8 Å². The zero-order chi connectivity index (χ0) is 14.0. The number of pyridine rings is 1. The maximum Gasteiger partial charge on any atom is 0.265 e. The average molecular weight is 327 g/mol. The Balaban J connectivity index is 2.09. The molecule has 5 heteroatoms. The third-order valence-corrected chi connectivity index (χ3v) is 4.19. The molecule has 0 spiro atoms. The van der Waals surface area contributed by atoms with E-state index in [9.17, 15) is 9.59 Å². The summed E-state index contributed by atoms with van der Waals surface area (Å²) in [4.78, 5) is 26.0. The van der Waals surface area contributed by atoms with Crippen molar-refractivity contribution in [2.75, 3.05) is 13.1 Å². The number of nitrogens with zero attached hydrogens (tertiary/aromatic N) is 2. The number of carbonyl (C=O) groups is 1. The van der Waals surface area contributed by atoms with Crippen LogP contribution in [0.4, 0.5) is 0 Å². The molecule has 19 heavy (non-hydrogen) atoms. The number of carbonyl (C=O) groups excluding carboxylic acids is 1. The van der Waals surface area contributed by atoms with Gasteiger partial charge in [-0.2, -0.15) is 0 Å². The minimum Gasteiger partial charge on any atom is -0.341 e. The van der Waals surface area contributed by atoms with Crippen LogP contribution in [0.5, 0.6) is 0 Å². The van der Waals surface area contributed by atoms with Gasteiger partial charge in [-0.1, -0.05) is 6.92 Å². The number of hydrogen-bond donors (Lipinski definition) is 0. The predicted molar refractivity (Wildman–Crippen MR) is 78.1 cm³/mol. The number of aryl methyl sites for hydroxylation is 1. The van der Waals surface area contributed by atoms with Gasteiger partial charge in [-0.25, -0.2) is 0 Å². The lowest BCUT2D eigenvalue weighted by Crippen LogP contribution is -2.41. The summed E-state index contributed by atoms with van der Waals surface area (Å²) in [6.07, 6.45) is 3.84. The van der Waals surface area contributed by atoms with Crippen LogP contribution in [0.2, 0.25) is 0 Å². The van der Waals surface area contributed by atoms with Crippen LogP contribution in [0.1, 0.15) is 25.3 Å². The number of hydrogen-bond acceptors (Lipinski definition) is 2. The molecule has 1 amide bonds. The van der Waals surface area contributed by atoms with Crippen molar-refractivity contribution in [1.82, 2.24) is 9.47 Å². The second-order valence-electron chi connectivity index (χ2n) is 5.36. The summed E-state index contributed by atoms with van der Waals surface area (Å²) in [7, 11) is 0. The van der Waals surface area contributed by atoms with E-state index in [-0.39, 0.29) is 18.0 Å². The van der Waals surface area contributed by atoms with Gasteiger partial charge in [-0.15, -0.1) is 0 Å². The van der Waals surface area contributed by atoms with E-state index in [1.165, 1.54) is 4.57 Å².